The van der Waals surface area contributed by atoms with Crippen LogP contribution in [0.25, 0.3) is 11.1 Å². The van der Waals surface area contributed by atoms with Crippen molar-refractivity contribution in [3.05, 3.63) is 59.2 Å². The molecular formula is C26H34O2. The second-order valence-corrected chi connectivity index (χ2v) is 7.95. The summed E-state index contributed by atoms with van der Waals surface area (Å²) in [5.41, 5.74) is 4.57. The zero-order valence-corrected chi connectivity index (χ0v) is 17.7. The Bertz CT molecular complexity index is 808. The lowest BCUT2D eigenvalue weighted by molar-refractivity contribution is -0.140. The molecule has 1 atom stereocenters. The van der Waals surface area contributed by atoms with E-state index in [2.05, 4.69) is 44.2 Å². The number of benzene rings is 2. The highest BCUT2D eigenvalue weighted by molar-refractivity contribution is 6.00. The van der Waals surface area contributed by atoms with Crippen LogP contribution in [0.2, 0.25) is 0 Å². The van der Waals surface area contributed by atoms with Gasteiger partial charge in [0.1, 0.15) is 0 Å². The van der Waals surface area contributed by atoms with Crippen molar-refractivity contribution in [3.8, 4) is 11.1 Å². The maximum absolute atomic E-state index is 13.6. The molecule has 0 fully saturated rings. The highest BCUT2D eigenvalue weighted by atomic mass is 16.5. The first kappa shape index (κ1) is 20.8. The number of fused-ring (bicyclic) bond motifs is 3. The first-order valence-corrected chi connectivity index (χ1v) is 11.0. The summed E-state index contributed by atoms with van der Waals surface area (Å²) in [4.78, 5) is 13.6. The van der Waals surface area contributed by atoms with Gasteiger partial charge in [0.15, 0.2) is 11.4 Å². The van der Waals surface area contributed by atoms with Gasteiger partial charge in [-0.3, -0.25) is 4.79 Å². The summed E-state index contributed by atoms with van der Waals surface area (Å²) in [7, 11) is 0. The predicted octanol–water partition coefficient (Wildman–Crippen LogP) is 6.97. The molecule has 150 valence electrons. The Labute approximate surface area is 170 Å². The van der Waals surface area contributed by atoms with Crippen LogP contribution < -0.4 is 0 Å². The van der Waals surface area contributed by atoms with Gasteiger partial charge in [-0.2, -0.15) is 0 Å². The molecule has 0 saturated heterocycles. The molecule has 0 heterocycles. The number of Topliss-reactive ketones (excluding diaryl/α,β-unsaturated/α-hetero) is 1. The smallest absolute Gasteiger partial charge is 0.177 e. The van der Waals surface area contributed by atoms with Gasteiger partial charge in [-0.15, -0.1) is 0 Å². The van der Waals surface area contributed by atoms with Crippen LogP contribution in [0.1, 0.15) is 81.9 Å². The molecule has 3 rings (SSSR count). The molecule has 0 saturated carbocycles. The lowest BCUT2D eigenvalue weighted by Gasteiger charge is -2.31. The Morgan fingerprint density at radius 2 is 1.54 bits per heavy atom. The van der Waals surface area contributed by atoms with E-state index in [1.165, 1.54) is 32.1 Å². The van der Waals surface area contributed by atoms with E-state index in [0.29, 0.717) is 13.0 Å². The van der Waals surface area contributed by atoms with Crippen molar-refractivity contribution in [2.45, 2.75) is 77.7 Å². The summed E-state index contributed by atoms with van der Waals surface area (Å²) in [6.07, 6.45) is 9.06. The van der Waals surface area contributed by atoms with Gasteiger partial charge < -0.3 is 4.74 Å². The van der Waals surface area contributed by atoms with E-state index in [-0.39, 0.29) is 5.78 Å². The number of ketones is 1. The first-order chi connectivity index (χ1) is 13.7. The van der Waals surface area contributed by atoms with Crippen LogP contribution in [-0.2, 0) is 15.1 Å². The number of hydrogen-bond acceptors (Lipinski definition) is 2. The molecule has 1 aliphatic rings. The molecule has 0 radical (unpaired) electrons. The van der Waals surface area contributed by atoms with Crippen LogP contribution in [0.3, 0.4) is 0 Å². The van der Waals surface area contributed by atoms with E-state index >= 15 is 0 Å². The van der Waals surface area contributed by atoms with Gasteiger partial charge in [-0.25, -0.2) is 0 Å². The third kappa shape index (κ3) is 3.80. The molecule has 0 amide bonds. The van der Waals surface area contributed by atoms with E-state index in [1.807, 2.05) is 19.1 Å². The summed E-state index contributed by atoms with van der Waals surface area (Å²) >= 11 is 0. The van der Waals surface area contributed by atoms with Gasteiger partial charge in [0.2, 0.25) is 0 Å². The topological polar surface area (TPSA) is 26.3 Å². The minimum absolute atomic E-state index is 0.211. The van der Waals surface area contributed by atoms with Crippen LogP contribution in [0.15, 0.2) is 42.5 Å². The van der Waals surface area contributed by atoms with Crippen LogP contribution >= 0.6 is 0 Å². The zero-order valence-electron chi connectivity index (χ0n) is 17.7. The quantitative estimate of drug-likeness (QED) is 0.395. The van der Waals surface area contributed by atoms with Gasteiger partial charge >= 0.3 is 0 Å². The molecule has 0 bridgehead atoms. The van der Waals surface area contributed by atoms with Crippen molar-refractivity contribution in [3.63, 3.8) is 0 Å². The van der Waals surface area contributed by atoms with Gasteiger partial charge in [-0.1, -0.05) is 87.9 Å². The number of hydrogen-bond donors (Lipinski definition) is 0. The van der Waals surface area contributed by atoms with Crippen LogP contribution in [-0.4, -0.2) is 12.4 Å². The van der Waals surface area contributed by atoms with Gasteiger partial charge in [0.05, 0.1) is 0 Å². The fourth-order valence-electron chi connectivity index (χ4n) is 4.67. The number of carbonyl (C=O) groups is 1. The fourth-order valence-corrected chi connectivity index (χ4v) is 4.67. The third-order valence-electron chi connectivity index (χ3n) is 5.98. The SMILES string of the molecule is CCCCCCCCCC(=O)C1(OCC)c2ccccc2-c2cccc(C)c21. The third-order valence-corrected chi connectivity index (χ3v) is 5.98. The Hall–Kier alpha value is -1.93. The molecule has 2 heteroatoms. The molecule has 0 spiro atoms. The summed E-state index contributed by atoms with van der Waals surface area (Å²) in [6.45, 7) is 6.84. The van der Waals surface area contributed by atoms with Crippen molar-refractivity contribution in [2.24, 2.45) is 0 Å². The van der Waals surface area contributed by atoms with Crippen LogP contribution in [0, 0.1) is 6.92 Å². The molecule has 1 aliphatic carbocycles. The lowest BCUT2D eigenvalue weighted by Crippen LogP contribution is -2.39. The van der Waals surface area contributed by atoms with Crippen molar-refractivity contribution in [2.75, 3.05) is 6.61 Å². The molecule has 2 nitrogen and oxygen atoms in total. The standard InChI is InChI=1S/C26H34O2/c1-4-6-7-8-9-10-11-19-24(27)26(28-5-2)23-18-13-12-16-21(23)22-17-14-15-20(3)25(22)26/h12-18H,4-11,19H2,1-3H3. The van der Waals surface area contributed by atoms with Crippen LogP contribution in [0.5, 0.6) is 0 Å². The summed E-state index contributed by atoms with van der Waals surface area (Å²) in [6, 6.07) is 14.6. The Balaban J connectivity index is 1.84. The summed E-state index contributed by atoms with van der Waals surface area (Å²) < 4.78 is 6.35. The average molecular weight is 379 g/mol. The largest absolute Gasteiger partial charge is 0.358 e. The van der Waals surface area contributed by atoms with Crippen LogP contribution in [0.4, 0.5) is 0 Å². The first-order valence-electron chi connectivity index (χ1n) is 11.0. The summed E-state index contributed by atoms with van der Waals surface area (Å²) in [5.74, 6) is 0.211. The van der Waals surface area contributed by atoms with Gasteiger partial charge in [0, 0.05) is 24.2 Å². The second kappa shape index (κ2) is 9.52. The number of ether oxygens (including phenoxy) is 1. The van der Waals surface area contributed by atoms with E-state index in [0.717, 1.165) is 40.7 Å². The normalized spacial score (nSPS) is 17.4. The fraction of sp³-hybridized carbons (Fsp3) is 0.500. The zero-order chi connectivity index (χ0) is 20.0. The van der Waals surface area contributed by atoms with Crippen molar-refractivity contribution in [1.29, 1.82) is 0 Å². The molecule has 0 N–H and O–H groups in total. The highest BCUT2D eigenvalue weighted by Gasteiger charge is 2.50. The maximum Gasteiger partial charge on any atom is 0.177 e. The molecule has 28 heavy (non-hydrogen) atoms. The molecule has 2 aromatic rings. The Morgan fingerprint density at radius 1 is 0.857 bits per heavy atom. The second-order valence-electron chi connectivity index (χ2n) is 7.95. The molecule has 1 unspecified atom stereocenters. The van der Waals surface area contributed by atoms with E-state index < -0.39 is 5.60 Å². The monoisotopic (exact) mass is 378 g/mol. The molecule has 0 aromatic heterocycles. The molecular weight excluding hydrogens is 344 g/mol. The average Bonchev–Trinajstić information content (AvgIpc) is 3.00. The number of carbonyl (C=O) groups excluding carboxylic acids is 1. The number of rotatable bonds is 11. The minimum Gasteiger partial charge on any atom is -0.358 e. The van der Waals surface area contributed by atoms with E-state index in [4.69, 9.17) is 4.74 Å². The highest BCUT2D eigenvalue weighted by Crippen LogP contribution is 2.52. The number of unbranched alkanes of at least 4 members (excludes halogenated alkanes) is 6. The Morgan fingerprint density at radius 3 is 2.29 bits per heavy atom. The van der Waals surface area contributed by atoms with Gasteiger partial charge in [0.25, 0.3) is 0 Å². The molecule has 2 aromatic carbocycles. The van der Waals surface area contributed by atoms with E-state index in [9.17, 15) is 4.79 Å². The maximum atomic E-state index is 13.6. The number of aryl methyl sites for hydroxylation is 1. The van der Waals surface area contributed by atoms with Crippen molar-refractivity contribution < 1.29 is 9.53 Å². The Kier molecular flexibility index (Phi) is 7.07. The van der Waals surface area contributed by atoms with E-state index in [1.54, 1.807) is 0 Å². The molecule has 0 aliphatic heterocycles. The minimum atomic E-state index is -0.936. The van der Waals surface area contributed by atoms with Crippen molar-refractivity contribution >= 4 is 5.78 Å². The van der Waals surface area contributed by atoms with Crippen molar-refractivity contribution in [1.82, 2.24) is 0 Å². The predicted molar refractivity (Wildman–Crippen MR) is 117 cm³/mol. The van der Waals surface area contributed by atoms with Gasteiger partial charge in [-0.05, 0) is 37.0 Å². The summed E-state index contributed by atoms with van der Waals surface area (Å²) in [5, 5.41) is 0. The lowest BCUT2D eigenvalue weighted by atomic mass is 9.82.